The van der Waals surface area contributed by atoms with Crippen molar-refractivity contribution in [3.8, 4) is 11.6 Å². The molecule has 1 fully saturated rings. The molecule has 0 radical (unpaired) electrons. The number of rotatable bonds is 2. The van der Waals surface area contributed by atoms with Gasteiger partial charge in [0.1, 0.15) is 5.84 Å². The number of halogens is 3. The lowest BCUT2D eigenvalue weighted by Gasteiger charge is -2.44. The third kappa shape index (κ3) is 3.58. The smallest absolute Gasteiger partial charge is 0.393 e. The Balaban J connectivity index is 1.50. The number of fused-ring (bicyclic) bond motifs is 2. The summed E-state index contributed by atoms with van der Waals surface area (Å²) >= 11 is 6.10. The number of alkyl halides is 2. The zero-order valence-electron chi connectivity index (χ0n) is 16.4. The summed E-state index contributed by atoms with van der Waals surface area (Å²) in [5.41, 5.74) is 2.11. The predicted molar refractivity (Wildman–Crippen MR) is 110 cm³/mol. The van der Waals surface area contributed by atoms with Crippen molar-refractivity contribution < 1.29 is 18.3 Å². The second kappa shape index (κ2) is 7.06. The number of benzene rings is 1. The van der Waals surface area contributed by atoms with Crippen LogP contribution in [0.15, 0.2) is 35.3 Å². The highest BCUT2D eigenvalue weighted by molar-refractivity contribution is 6.30. The monoisotopic (exact) mass is 434 g/mol. The minimum atomic E-state index is -3.69. The van der Waals surface area contributed by atoms with Gasteiger partial charge in [-0.3, -0.25) is 4.99 Å². The highest BCUT2D eigenvalue weighted by Gasteiger charge is 2.47. The lowest BCUT2D eigenvalue weighted by Crippen LogP contribution is -2.49. The topological polar surface area (TPSA) is 59.0 Å². The fourth-order valence-electron chi connectivity index (χ4n) is 4.30. The van der Waals surface area contributed by atoms with Crippen LogP contribution in [-0.4, -0.2) is 42.2 Å². The standard InChI is InChI=1S/C21H21ClF2N4O2/c1-28-7-5-20(6-8-28)11-16-15(10-17-18(26-16)30-21(23,24)29-17)27-19(20)25-12-13-3-2-4-14(22)9-13/h2-4,9-10H,5-8,11-12H2,1H3,(H,25,27). The van der Waals surface area contributed by atoms with E-state index in [1.807, 2.05) is 24.3 Å². The van der Waals surface area contributed by atoms with E-state index in [1.165, 1.54) is 6.07 Å². The van der Waals surface area contributed by atoms with E-state index in [2.05, 4.69) is 31.7 Å². The molecule has 9 heteroatoms. The van der Waals surface area contributed by atoms with E-state index >= 15 is 0 Å². The van der Waals surface area contributed by atoms with Gasteiger partial charge < -0.3 is 19.7 Å². The van der Waals surface area contributed by atoms with Gasteiger partial charge in [0.05, 0.1) is 17.9 Å². The van der Waals surface area contributed by atoms with E-state index in [4.69, 9.17) is 16.6 Å². The summed E-state index contributed by atoms with van der Waals surface area (Å²) in [6.07, 6.45) is -1.28. The predicted octanol–water partition coefficient (Wildman–Crippen LogP) is 4.34. The van der Waals surface area contributed by atoms with Crippen molar-refractivity contribution in [2.24, 2.45) is 10.4 Å². The largest absolute Gasteiger partial charge is 0.587 e. The molecule has 3 aliphatic rings. The molecule has 4 heterocycles. The summed E-state index contributed by atoms with van der Waals surface area (Å²) in [7, 11) is 2.10. The van der Waals surface area contributed by atoms with Crippen molar-refractivity contribution in [1.29, 1.82) is 0 Å². The Morgan fingerprint density at radius 1 is 1.23 bits per heavy atom. The third-order valence-electron chi connectivity index (χ3n) is 5.99. The average Bonchev–Trinajstić information content (AvgIpc) is 2.99. The van der Waals surface area contributed by atoms with Crippen LogP contribution in [-0.2, 0) is 13.0 Å². The van der Waals surface area contributed by atoms with Gasteiger partial charge in [-0.25, -0.2) is 4.98 Å². The van der Waals surface area contributed by atoms with Gasteiger partial charge in [0.25, 0.3) is 5.88 Å². The van der Waals surface area contributed by atoms with Crippen LogP contribution in [0.3, 0.4) is 0 Å². The molecule has 30 heavy (non-hydrogen) atoms. The molecule has 5 rings (SSSR count). The van der Waals surface area contributed by atoms with Crippen LogP contribution in [0.25, 0.3) is 0 Å². The van der Waals surface area contributed by atoms with Gasteiger partial charge in [0, 0.05) is 22.9 Å². The Morgan fingerprint density at radius 3 is 2.80 bits per heavy atom. The molecule has 1 spiro atoms. The lowest BCUT2D eigenvalue weighted by atomic mass is 9.71. The second-order valence-corrected chi connectivity index (χ2v) is 8.57. The van der Waals surface area contributed by atoms with Gasteiger partial charge in [-0.05, 0) is 50.7 Å². The first kappa shape index (κ1) is 19.5. The van der Waals surface area contributed by atoms with Crippen molar-refractivity contribution >= 4 is 23.1 Å². The van der Waals surface area contributed by atoms with Gasteiger partial charge in [0.15, 0.2) is 5.75 Å². The van der Waals surface area contributed by atoms with Crippen LogP contribution in [0, 0.1) is 5.41 Å². The Morgan fingerprint density at radius 2 is 2.03 bits per heavy atom. The fourth-order valence-corrected chi connectivity index (χ4v) is 4.51. The van der Waals surface area contributed by atoms with Gasteiger partial charge in [0.2, 0.25) is 0 Å². The average molecular weight is 435 g/mol. The van der Waals surface area contributed by atoms with Crippen molar-refractivity contribution in [3.05, 3.63) is 46.6 Å². The summed E-state index contributed by atoms with van der Waals surface area (Å²) in [4.78, 5) is 11.5. The van der Waals surface area contributed by atoms with E-state index in [0.717, 1.165) is 37.3 Å². The first-order chi connectivity index (χ1) is 14.3. The maximum atomic E-state index is 13.5. The number of piperidine rings is 1. The van der Waals surface area contributed by atoms with Gasteiger partial charge in [-0.15, -0.1) is 8.78 Å². The zero-order valence-corrected chi connectivity index (χ0v) is 17.2. The molecule has 6 nitrogen and oxygen atoms in total. The number of ether oxygens (including phenoxy) is 2. The SMILES string of the molecule is CN1CCC2(CC1)Cc1nc3c(cc1NC2=NCc1cccc(Cl)c1)OC(F)(F)O3. The quantitative estimate of drug-likeness (QED) is 0.762. The van der Waals surface area contributed by atoms with Gasteiger partial charge in [-0.2, -0.15) is 0 Å². The van der Waals surface area contributed by atoms with E-state index in [1.54, 1.807) is 0 Å². The molecule has 1 aromatic heterocycles. The number of hydrogen-bond acceptors (Lipinski definition) is 5. The Bertz CT molecular complexity index is 1020. The molecule has 2 aromatic rings. The molecule has 0 unspecified atom stereocenters. The highest BCUT2D eigenvalue weighted by atomic mass is 35.5. The number of nitrogens with one attached hydrogen (secondary N) is 1. The number of pyridine rings is 1. The molecule has 0 bridgehead atoms. The number of aliphatic imine (C=N–C) groups is 1. The number of anilines is 1. The maximum absolute atomic E-state index is 13.5. The Labute approximate surface area is 177 Å². The van der Waals surface area contributed by atoms with Crippen molar-refractivity contribution in [2.45, 2.75) is 32.1 Å². The molecular formula is C21H21ClF2N4O2. The number of likely N-dealkylation sites (tertiary alicyclic amines) is 1. The van der Waals surface area contributed by atoms with Crippen LogP contribution in [0.4, 0.5) is 14.5 Å². The van der Waals surface area contributed by atoms with Gasteiger partial charge >= 0.3 is 6.29 Å². The van der Waals surface area contributed by atoms with Crippen molar-refractivity contribution in [1.82, 2.24) is 9.88 Å². The minimum absolute atomic E-state index is 0.0697. The second-order valence-electron chi connectivity index (χ2n) is 8.13. The number of hydrogen-bond donors (Lipinski definition) is 1. The number of nitrogens with zero attached hydrogens (tertiary/aromatic N) is 3. The van der Waals surface area contributed by atoms with E-state index in [9.17, 15) is 8.78 Å². The molecule has 0 aliphatic carbocycles. The minimum Gasteiger partial charge on any atom is -0.393 e. The first-order valence-corrected chi connectivity index (χ1v) is 10.2. The van der Waals surface area contributed by atoms with E-state index < -0.39 is 6.29 Å². The summed E-state index contributed by atoms with van der Waals surface area (Å²) < 4.78 is 36.1. The molecule has 1 N–H and O–H groups in total. The molecule has 3 aliphatic heterocycles. The first-order valence-electron chi connectivity index (χ1n) is 9.87. The number of aromatic nitrogens is 1. The Kier molecular flexibility index (Phi) is 4.59. The highest BCUT2D eigenvalue weighted by Crippen LogP contribution is 2.47. The van der Waals surface area contributed by atoms with Crippen LogP contribution in [0.2, 0.25) is 5.02 Å². The molecule has 0 atom stereocenters. The zero-order chi connectivity index (χ0) is 20.9. The fraction of sp³-hybridized carbons (Fsp3) is 0.429. The summed E-state index contributed by atoms with van der Waals surface area (Å²) in [5.74, 6) is 0.623. The molecule has 1 aromatic carbocycles. The lowest BCUT2D eigenvalue weighted by molar-refractivity contribution is -0.287. The van der Waals surface area contributed by atoms with Crippen molar-refractivity contribution in [3.63, 3.8) is 0 Å². The van der Waals surface area contributed by atoms with Crippen molar-refractivity contribution in [2.75, 3.05) is 25.5 Å². The molecule has 158 valence electrons. The molecule has 0 amide bonds. The normalized spacial score (nSPS) is 22.7. The summed E-state index contributed by atoms with van der Waals surface area (Å²) in [6, 6.07) is 9.13. The number of amidine groups is 1. The molecule has 0 saturated carbocycles. The van der Waals surface area contributed by atoms with Crippen LogP contribution in [0.1, 0.15) is 24.1 Å². The van der Waals surface area contributed by atoms with E-state index in [0.29, 0.717) is 29.4 Å². The Hall–Kier alpha value is -2.45. The van der Waals surface area contributed by atoms with Crippen LogP contribution in [0.5, 0.6) is 11.6 Å². The van der Waals surface area contributed by atoms with Crippen LogP contribution < -0.4 is 14.8 Å². The van der Waals surface area contributed by atoms with Crippen LogP contribution >= 0.6 is 11.6 Å². The molecular weight excluding hydrogens is 414 g/mol. The molecule has 1 saturated heterocycles. The summed E-state index contributed by atoms with van der Waals surface area (Å²) in [5, 5.41) is 4.04. The summed E-state index contributed by atoms with van der Waals surface area (Å²) in [6.45, 7) is 2.33. The van der Waals surface area contributed by atoms with E-state index in [-0.39, 0.29) is 17.0 Å². The van der Waals surface area contributed by atoms with Gasteiger partial charge in [-0.1, -0.05) is 23.7 Å². The maximum Gasteiger partial charge on any atom is 0.587 e. The third-order valence-corrected chi connectivity index (χ3v) is 6.23.